The van der Waals surface area contributed by atoms with Crippen molar-refractivity contribution >= 4 is 17.8 Å². The van der Waals surface area contributed by atoms with Gasteiger partial charge in [0.1, 0.15) is 0 Å². The van der Waals surface area contributed by atoms with Gasteiger partial charge in [-0.05, 0) is 44.4 Å². The number of hydrogen-bond acceptors (Lipinski definition) is 6. The van der Waals surface area contributed by atoms with Crippen molar-refractivity contribution in [3.05, 3.63) is 23.8 Å². The van der Waals surface area contributed by atoms with Crippen molar-refractivity contribution in [2.75, 3.05) is 47.0 Å². The molecule has 0 N–H and O–H groups in total. The number of rotatable bonds is 8. The molecule has 1 heterocycles. The quantitative estimate of drug-likeness (QED) is 0.610. The smallest absolute Gasteiger partial charge is 0.309 e. The minimum atomic E-state index is -0.303. The van der Waals surface area contributed by atoms with Gasteiger partial charge in [-0.1, -0.05) is 6.07 Å². The summed E-state index contributed by atoms with van der Waals surface area (Å²) in [7, 11) is 3.11. The Morgan fingerprint density at radius 1 is 1.17 bits per heavy atom. The molecule has 0 radical (unpaired) electrons. The highest BCUT2D eigenvalue weighted by atomic mass is 16.5. The summed E-state index contributed by atoms with van der Waals surface area (Å²) in [6.07, 6.45) is 1.16. The Kier molecular flexibility index (Phi) is 8.30. The van der Waals surface area contributed by atoms with Gasteiger partial charge in [-0.2, -0.15) is 0 Å². The number of hydrogen-bond donors (Lipinski definition) is 0. The van der Waals surface area contributed by atoms with Gasteiger partial charge in [0.2, 0.25) is 5.91 Å². The zero-order chi connectivity index (χ0) is 21.4. The van der Waals surface area contributed by atoms with Crippen molar-refractivity contribution in [2.45, 2.75) is 26.7 Å². The third-order valence-electron chi connectivity index (χ3n) is 4.94. The van der Waals surface area contributed by atoms with Crippen molar-refractivity contribution in [3.63, 3.8) is 0 Å². The van der Waals surface area contributed by atoms with Gasteiger partial charge in [0.25, 0.3) is 5.91 Å². The Labute approximate surface area is 171 Å². The van der Waals surface area contributed by atoms with Crippen LogP contribution in [0.3, 0.4) is 0 Å². The number of aryl methyl sites for hydroxylation is 1. The lowest BCUT2D eigenvalue weighted by Crippen LogP contribution is -2.46. The maximum absolute atomic E-state index is 12.5. The minimum absolute atomic E-state index is 0.0305. The molecule has 8 nitrogen and oxygen atoms in total. The van der Waals surface area contributed by atoms with Gasteiger partial charge in [-0.25, -0.2) is 0 Å². The van der Waals surface area contributed by atoms with E-state index in [4.69, 9.17) is 14.2 Å². The summed E-state index contributed by atoms with van der Waals surface area (Å²) < 4.78 is 15.9. The van der Waals surface area contributed by atoms with Crippen LogP contribution in [-0.2, 0) is 19.1 Å². The first-order chi connectivity index (χ1) is 13.8. The van der Waals surface area contributed by atoms with E-state index in [2.05, 4.69) is 0 Å². The molecule has 8 heteroatoms. The number of amides is 2. The molecular weight excluding hydrogens is 376 g/mol. The number of ether oxygens (including phenoxy) is 3. The van der Waals surface area contributed by atoms with Crippen molar-refractivity contribution in [3.8, 4) is 11.5 Å². The molecule has 0 aliphatic carbocycles. The third-order valence-corrected chi connectivity index (χ3v) is 4.94. The molecule has 0 aromatic heterocycles. The van der Waals surface area contributed by atoms with Crippen LogP contribution in [0.25, 0.3) is 0 Å². The third kappa shape index (κ3) is 6.37. The number of carbonyl (C=O) groups is 3. The highest BCUT2D eigenvalue weighted by Gasteiger charge is 2.29. The van der Waals surface area contributed by atoms with E-state index in [1.807, 2.05) is 19.1 Å². The summed E-state index contributed by atoms with van der Waals surface area (Å²) in [5.41, 5.74) is 1.02. The van der Waals surface area contributed by atoms with Crippen LogP contribution in [0.4, 0.5) is 0 Å². The zero-order valence-corrected chi connectivity index (χ0v) is 17.6. The average molecular weight is 406 g/mol. The van der Waals surface area contributed by atoms with Crippen LogP contribution in [-0.4, -0.2) is 74.6 Å². The molecule has 1 saturated heterocycles. The lowest BCUT2D eigenvalue weighted by molar-refractivity contribution is -0.151. The lowest BCUT2D eigenvalue weighted by Gasteiger charge is -2.32. The Bertz CT molecular complexity index is 728. The highest BCUT2D eigenvalue weighted by molar-refractivity contribution is 5.85. The zero-order valence-electron chi connectivity index (χ0n) is 17.6. The normalized spacial score (nSPS) is 14.3. The summed E-state index contributed by atoms with van der Waals surface area (Å²) in [4.78, 5) is 39.7. The van der Waals surface area contributed by atoms with Gasteiger partial charge in [0, 0.05) is 20.1 Å². The van der Waals surface area contributed by atoms with Gasteiger partial charge >= 0.3 is 5.97 Å². The maximum Gasteiger partial charge on any atom is 0.309 e. The fourth-order valence-electron chi connectivity index (χ4n) is 3.16. The van der Waals surface area contributed by atoms with Crippen LogP contribution >= 0.6 is 0 Å². The van der Waals surface area contributed by atoms with Gasteiger partial charge in [0.15, 0.2) is 18.1 Å². The summed E-state index contributed by atoms with van der Waals surface area (Å²) in [5.74, 6) is 0.235. The molecule has 1 aliphatic rings. The molecule has 0 atom stereocenters. The second-order valence-electron chi connectivity index (χ2n) is 7.10. The molecule has 29 heavy (non-hydrogen) atoms. The number of benzene rings is 1. The van der Waals surface area contributed by atoms with Crippen LogP contribution in [0.1, 0.15) is 25.3 Å². The molecule has 0 bridgehead atoms. The van der Waals surface area contributed by atoms with Crippen molar-refractivity contribution in [1.29, 1.82) is 0 Å². The second kappa shape index (κ2) is 10.7. The standard InChI is InChI=1S/C21H30N2O6/c1-5-28-21(26)16-8-10-23(11-9-16)19(24)13-22(3)20(25)14-29-17-7-6-15(2)12-18(17)27-4/h6-7,12,16H,5,8-11,13-14H2,1-4H3. The predicted molar refractivity (Wildman–Crippen MR) is 107 cm³/mol. The molecule has 1 aromatic rings. The topological polar surface area (TPSA) is 85.4 Å². The van der Waals surface area contributed by atoms with Gasteiger partial charge in [-0.3, -0.25) is 14.4 Å². The molecule has 2 amide bonds. The number of methoxy groups -OCH3 is 1. The molecule has 160 valence electrons. The SMILES string of the molecule is CCOC(=O)C1CCN(C(=O)CN(C)C(=O)COc2ccc(C)cc2OC)CC1. The number of carbonyl (C=O) groups excluding carboxylic acids is 3. The van der Waals surface area contributed by atoms with E-state index in [0.717, 1.165) is 5.56 Å². The molecule has 1 aliphatic heterocycles. The summed E-state index contributed by atoms with van der Waals surface area (Å²) >= 11 is 0. The monoisotopic (exact) mass is 406 g/mol. The molecule has 2 rings (SSSR count). The molecule has 1 fully saturated rings. The first-order valence-electron chi connectivity index (χ1n) is 9.81. The first-order valence-corrected chi connectivity index (χ1v) is 9.81. The fourth-order valence-corrected chi connectivity index (χ4v) is 3.16. The van der Waals surface area contributed by atoms with E-state index >= 15 is 0 Å². The molecule has 0 unspecified atom stereocenters. The summed E-state index contributed by atoms with van der Waals surface area (Å²) in [6, 6.07) is 5.45. The van der Waals surface area contributed by atoms with Gasteiger partial charge in [-0.15, -0.1) is 0 Å². The predicted octanol–water partition coefficient (Wildman–Crippen LogP) is 1.64. The van der Waals surface area contributed by atoms with Gasteiger partial charge in [0.05, 0.1) is 26.2 Å². The second-order valence-corrected chi connectivity index (χ2v) is 7.10. The van der Waals surface area contributed by atoms with E-state index in [9.17, 15) is 14.4 Å². The highest BCUT2D eigenvalue weighted by Crippen LogP contribution is 2.27. The molecular formula is C21H30N2O6. The van der Waals surface area contributed by atoms with E-state index in [0.29, 0.717) is 44.0 Å². The number of nitrogens with zero attached hydrogens (tertiary/aromatic N) is 2. The Hall–Kier alpha value is -2.77. The van der Waals surface area contributed by atoms with E-state index in [-0.39, 0.29) is 36.9 Å². The van der Waals surface area contributed by atoms with Crippen molar-refractivity contribution < 1.29 is 28.6 Å². The minimum Gasteiger partial charge on any atom is -0.493 e. The number of likely N-dealkylation sites (tertiary alicyclic amines) is 1. The van der Waals surface area contributed by atoms with Crippen LogP contribution in [0.5, 0.6) is 11.5 Å². The van der Waals surface area contributed by atoms with Crippen molar-refractivity contribution in [2.24, 2.45) is 5.92 Å². The Morgan fingerprint density at radius 2 is 1.86 bits per heavy atom. The largest absolute Gasteiger partial charge is 0.493 e. The molecule has 0 spiro atoms. The summed E-state index contributed by atoms with van der Waals surface area (Å²) in [5, 5.41) is 0. The number of piperidine rings is 1. The molecule has 0 saturated carbocycles. The van der Waals surface area contributed by atoms with E-state index in [1.165, 1.54) is 4.90 Å². The van der Waals surface area contributed by atoms with E-state index in [1.54, 1.807) is 32.0 Å². The van der Waals surface area contributed by atoms with E-state index < -0.39 is 0 Å². The average Bonchev–Trinajstić information content (AvgIpc) is 2.72. The Balaban J connectivity index is 1.79. The Morgan fingerprint density at radius 3 is 2.48 bits per heavy atom. The van der Waals surface area contributed by atoms with Crippen molar-refractivity contribution in [1.82, 2.24) is 9.80 Å². The maximum atomic E-state index is 12.5. The first kappa shape index (κ1) is 22.5. The van der Waals surface area contributed by atoms with Crippen LogP contribution < -0.4 is 9.47 Å². The van der Waals surface area contributed by atoms with Crippen LogP contribution in [0, 0.1) is 12.8 Å². The number of likely N-dealkylation sites (N-methyl/N-ethyl adjacent to an activating group) is 1. The summed E-state index contributed by atoms with van der Waals surface area (Å²) in [6.45, 7) is 4.84. The van der Waals surface area contributed by atoms with Gasteiger partial charge < -0.3 is 24.0 Å². The molecule has 1 aromatic carbocycles. The fraction of sp³-hybridized carbons (Fsp3) is 0.571. The van der Waals surface area contributed by atoms with Crippen LogP contribution in [0.15, 0.2) is 18.2 Å². The lowest BCUT2D eigenvalue weighted by atomic mass is 9.97. The van der Waals surface area contributed by atoms with Crippen LogP contribution in [0.2, 0.25) is 0 Å². The number of esters is 1.